The maximum atomic E-state index is 12.5. The number of hydrogen-bond acceptors (Lipinski definition) is 3. The Kier molecular flexibility index (Phi) is 3.05. The molecule has 1 aromatic rings. The highest BCUT2D eigenvalue weighted by Gasteiger charge is 2.34. The third kappa shape index (κ3) is 2.75. The number of halogens is 3. The van der Waals surface area contributed by atoms with E-state index in [1.54, 1.807) is 0 Å². The van der Waals surface area contributed by atoms with E-state index in [0.717, 1.165) is 17.0 Å². The van der Waals surface area contributed by atoms with E-state index in [1.807, 2.05) is 0 Å². The second kappa shape index (κ2) is 4.41. The predicted molar refractivity (Wildman–Crippen MR) is 56.3 cm³/mol. The third-order valence-corrected chi connectivity index (χ3v) is 2.46. The molecule has 2 rings (SSSR count). The minimum Gasteiger partial charge on any atom is -0.480 e. The number of urea groups is 1. The summed E-state index contributed by atoms with van der Waals surface area (Å²) in [5.41, 5.74) is -0.951. The van der Waals surface area contributed by atoms with Gasteiger partial charge in [0.15, 0.2) is 0 Å². The van der Waals surface area contributed by atoms with Gasteiger partial charge < -0.3 is 15.3 Å². The topological polar surface area (TPSA) is 82.5 Å². The van der Waals surface area contributed by atoms with E-state index in [-0.39, 0.29) is 17.9 Å². The molecular formula is C10H8F3N3O3. The molecule has 19 heavy (non-hydrogen) atoms. The van der Waals surface area contributed by atoms with Crippen molar-refractivity contribution in [3.05, 3.63) is 23.5 Å². The lowest BCUT2D eigenvalue weighted by Gasteiger charge is -2.27. The van der Waals surface area contributed by atoms with Crippen LogP contribution in [-0.4, -0.2) is 33.5 Å². The zero-order chi connectivity index (χ0) is 14.2. The van der Waals surface area contributed by atoms with Crippen molar-refractivity contribution in [3.8, 4) is 0 Å². The van der Waals surface area contributed by atoms with Gasteiger partial charge in [-0.25, -0.2) is 9.78 Å². The maximum Gasteiger partial charge on any atom is 0.433 e. The van der Waals surface area contributed by atoms with Gasteiger partial charge in [0.1, 0.15) is 12.2 Å². The minimum absolute atomic E-state index is 0.0179. The first-order valence-corrected chi connectivity index (χ1v) is 5.12. The van der Waals surface area contributed by atoms with Crippen molar-refractivity contribution >= 4 is 17.7 Å². The number of carbonyl (C=O) groups is 2. The quantitative estimate of drug-likeness (QED) is 0.857. The fourth-order valence-corrected chi connectivity index (χ4v) is 1.63. The van der Waals surface area contributed by atoms with E-state index < -0.39 is 30.4 Å². The van der Waals surface area contributed by atoms with Crippen LogP contribution in [0, 0.1) is 0 Å². The molecule has 102 valence electrons. The highest BCUT2D eigenvalue weighted by molar-refractivity contribution is 5.93. The van der Waals surface area contributed by atoms with Crippen LogP contribution in [-0.2, 0) is 17.5 Å². The largest absolute Gasteiger partial charge is 0.480 e. The van der Waals surface area contributed by atoms with Crippen LogP contribution in [0.2, 0.25) is 0 Å². The summed E-state index contributed by atoms with van der Waals surface area (Å²) in [6, 6.07) is 1.17. The molecule has 0 atom stereocenters. The fourth-order valence-electron chi connectivity index (χ4n) is 1.63. The molecule has 1 aliphatic heterocycles. The normalized spacial score (nSPS) is 14.9. The number of carboxylic acids is 1. The molecule has 6 nitrogen and oxygen atoms in total. The second-order valence-corrected chi connectivity index (χ2v) is 3.87. The van der Waals surface area contributed by atoms with Gasteiger partial charge in [-0.15, -0.1) is 0 Å². The fraction of sp³-hybridized carbons (Fsp3) is 0.300. The lowest BCUT2D eigenvalue weighted by atomic mass is 10.2. The minimum atomic E-state index is -4.59. The van der Waals surface area contributed by atoms with Gasteiger partial charge in [0.05, 0.1) is 17.9 Å². The number of nitrogens with one attached hydrogen (secondary N) is 1. The van der Waals surface area contributed by atoms with Gasteiger partial charge in [-0.05, 0) is 12.1 Å². The van der Waals surface area contributed by atoms with Crippen LogP contribution in [0.4, 0.5) is 23.7 Å². The molecule has 0 saturated carbocycles. The molecule has 0 fully saturated rings. The zero-order valence-electron chi connectivity index (χ0n) is 9.36. The van der Waals surface area contributed by atoms with E-state index in [2.05, 4.69) is 10.3 Å². The molecule has 2 N–H and O–H groups in total. The Bertz CT molecular complexity index is 545. The van der Waals surface area contributed by atoms with Crippen LogP contribution in [0.3, 0.4) is 0 Å². The summed E-state index contributed by atoms with van der Waals surface area (Å²) >= 11 is 0. The molecule has 0 radical (unpaired) electrons. The van der Waals surface area contributed by atoms with Gasteiger partial charge in [-0.3, -0.25) is 4.79 Å². The van der Waals surface area contributed by atoms with E-state index >= 15 is 0 Å². The number of hydrogen-bond donors (Lipinski definition) is 2. The lowest BCUT2D eigenvalue weighted by Crippen LogP contribution is -2.42. The van der Waals surface area contributed by atoms with Crippen LogP contribution >= 0.6 is 0 Å². The summed E-state index contributed by atoms with van der Waals surface area (Å²) in [4.78, 5) is 26.3. The number of carboxylic acid groups (broad SMARTS) is 1. The molecular weight excluding hydrogens is 267 g/mol. The Morgan fingerprint density at radius 2 is 2.16 bits per heavy atom. The van der Waals surface area contributed by atoms with Crippen LogP contribution in [0.1, 0.15) is 11.4 Å². The Morgan fingerprint density at radius 1 is 1.47 bits per heavy atom. The monoisotopic (exact) mass is 275 g/mol. The molecule has 0 spiro atoms. The predicted octanol–water partition coefficient (Wildman–Crippen LogP) is 1.53. The molecule has 2 heterocycles. The molecule has 1 aliphatic rings. The standard InChI is InChI=1S/C10H8F3N3O3/c11-10(12,13)7-2-1-5-6(14-7)3-16(4-8(17)18)9(19)15-5/h1-2H,3-4H2,(H,15,19)(H,17,18). The van der Waals surface area contributed by atoms with Gasteiger partial charge in [-0.1, -0.05) is 0 Å². The summed E-state index contributed by atoms with van der Waals surface area (Å²) < 4.78 is 37.5. The average Bonchev–Trinajstić information content (AvgIpc) is 2.27. The number of fused-ring (bicyclic) bond motifs is 1. The number of nitrogens with zero attached hydrogens (tertiary/aromatic N) is 2. The molecule has 2 amide bonds. The number of anilines is 1. The summed E-state index contributed by atoms with van der Waals surface area (Å²) in [5.74, 6) is -1.26. The number of alkyl halides is 3. The molecule has 9 heteroatoms. The summed E-state index contributed by atoms with van der Waals surface area (Å²) in [6.45, 7) is -0.888. The van der Waals surface area contributed by atoms with Gasteiger partial charge in [0.25, 0.3) is 0 Å². The number of pyridine rings is 1. The van der Waals surface area contributed by atoms with E-state index in [4.69, 9.17) is 5.11 Å². The summed E-state index contributed by atoms with van der Waals surface area (Å²) in [7, 11) is 0. The van der Waals surface area contributed by atoms with Crippen molar-refractivity contribution in [2.75, 3.05) is 11.9 Å². The highest BCUT2D eigenvalue weighted by atomic mass is 19.4. The third-order valence-electron chi connectivity index (χ3n) is 2.46. The Balaban J connectivity index is 2.31. The van der Waals surface area contributed by atoms with E-state index in [9.17, 15) is 22.8 Å². The van der Waals surface area contributed by atoms with Crippen LogP contribution in [0.15, 0.2) is 12.1 Å². The van der Waals surface area contributed by atoms with Crippen molar-refractivity contribution < 1.29 is 27.9 Å². The zero-order valence-corrected chi connectivity index (χ0v) is 9.36. The lowest BCUT2D eigenvalue weighted by molar-refractivity contribution is -0.141. The Hall–Kier alpha value is -2.32. The molecule has 0 bridgehead atoms. The first-order valence-electron chi connectivity index (χ1n) is 5.12. The molecule has 0 unspecified atom stereocenters. The highest BCUT2D eigenvalue weighted by Crippen LogP contribution is 2.30. The maximum absolute atomic E-state index is 12.5. The summed E-state index contributed by atoms with van der Waals surface area (Å²) in [5, 5.41) is 10.9. The summed E-state index contributed by atoms with van der Waals surface area (Å²) in [6.07, 6.45) is -4.59. The van der Waals surface area contributed by atoms with Crippen LogP contribution < -0.4 is 5.32 Å². The molecule has 0 aromatic carbocycles. The molecule has 0 aliphatic carbocycles. The van der Waals surface area contributed by atoms with Crippen molar-refractivity contribution in [1.82, 2.24) is 9.88 Å². The van der Waals surface area contributed by atoms with Gasteiger partial charge in [0, 0.05) is 0 Å². The number of rotatable bonds is 2. The van der Waals surface area contributed by atoms with E-state index in [1.165, 1.54) is 0 Å². The molecule has 0 saturated heterocycles. The van der Waals surface area contributed by atoms with Crippen LogP contribution in [0.25, 0.3) is 0 Å². The smallest absolute Gasteiger partial charge is 0.433 e. The molecule has 1 aromatic heterocycles. The van der Waals surface area contributed by atoms with Gasteiger partial charge in [0.2, 0.25) is 0 Å². The van der Waals surface area contributed by atoms with Crippen molar-refractivity contribution in [2.45, 2.75) is 12.7 Å². The number of aliphatic carboxylic acids is 1. The SMILES string of the molecule is O=C(O)CN1Cc2nc(C(F)(F)F)ccc2NC1=O. The van der Waals surface area contributed by atoms with Crippen molar-refractivity contribution in [1.29, 1.82) is 0 Å². The van der Waals surface area contributed by atoms with E-state index in [0.29, 0.717) is 0 Å². The second-order valence-electron chi connectivity index (χ2n) is 3.87. The van der Waals surface area contributed by atoms with Crippen LogP contribution in [0.5, 0.6) is 0 Å². The average molecular weight is 275 g/mol. The Labute approximate surface area is 104 Å². The first kappa shape index (κ1) is 13.1. The van der Waals surface area contributed by atoms with Crippen molar-refractivity contribution in [2.24, 2.45) is 0 Å². The van der Waals surface area contributed by atoms with Gasteiger partial charge >= 0.3 is 18.2 Å². The van der Waals surface area contributed by atoms with Crippen molar-refractivity contribution in [3.63, 3.8) is 0 Å². The number of aromatic nitrogens is 1. The number of carbonyl (C=O) groups excluding carboxylic acids is 1. The Morgan fingerprint density at radius 3 is 2.74 bits per heavy atom. The first-order chi connectivity index (χ1) is 8.77. The number of amides is 2. The van der Waals surface area contributed by atoms with Gasteiger partial charge in [-0.2, -0.15) is 13.2 Å².